The molecule has 0 radical (unpaired) electrons. The van der Waals surface area contributed by atoms with E-state index in [-0.39, 0.29) is 5.70 Å². The first-order valence-electron chi connectivity index (χ1n) is 6.50. The summed E-state index contributed by atoms with van der Waals surface area (Å²) in [6.45, 7) is 1.25. The van der Waals surface area contributed by atoms with Gasteiger partial charge in [-0.2, -0.15) is 0 Å². The lowest BCUT2D eigenvalue weighted by Crippen LogP contribution is -2.24. The maximum Gasteiger partial charge on any atom is 0.352 e. The molecule has 2 aromatic heterocycles. The summed E-state index contributed by atoms with van der Waals surface area (Å²) in [4.78, 5) is 39.0. The van der Waals surface area contributed by atoms with Crippen molar-refractivity contribution >= 4 is 24.2 Å². The average molecular weight is 313 g/mol. The Bertz CT molecular complexity index is 685. The number of aldehydes is 1. The van der Waals surface area contributed by atoms with Crippen molar-refractivity contribution in [1.82, 2.24) is 15.3 Å². The number of hydrogen-bond acceptors (Lipinski definition) is 5. The first-order valence-corrected chi connectivity index (χ1v) is 6.50. The number of nitrogens with one attached hydrogen (secondary N) is 1. The van der Waals surface area contributed by atoms with Gasteiger partial charge in [0.15, 0.2) is 6.29 Å². The van der Waals surface area contributed by atoms with Gasteiger partial charge in [0.25, 0.3) is 0 Å². The number of carbonyl (C=O) groups is 3. The summed E-state index contributed by atoms with van der Waals surface area (Å²) in [6.07, 6.45) is 8.35. The van der Waals surface area contributed by atoms with Gasteiger partial charge in [-0.3, -0.25) is 19.6 Å². The van der Waals surface area contributed by atoms with Crippen molar-refractivity contribution in [2.45, 2.75) is 6.92 Å². The van der Waals surface area contributed by atoms with E-state index in [0.29, 0.717) is 11.1 Å². The van der Waals surface area contributed by atoms with Gasteiger partial charge in [0, 0.05) is 37.3 Å². The molecule has 0 atom stereocenters. The Morgan fingerprint density at radius 1 is 1.09 bits per heavy atom. The molecule has 0 spiro atoms. The summed E-state index contributed by atoms with van der Waals surface area (Å²) in [6, 6.07) is 6.81. The molecule has 2 rings (SSSR count). The van der Waals surface area contributed by atoms with Gasteiger partial charge in [-0.1, -0.05) is 6.07 Å². The van der Waals surface area contributed by atoms with Crippen molar-refractivity contribution in [3.05, 3.63) is 65.9 Å². The summed E-state index contributed by atoms with van der Waals surface area (Å²) < 4.78 is 0. The highest BCUT2D eigenvalue weighted by atomic mass is 16.4. The normalized spacial score (nSPS) is 10.0. The lowest BCUT2D eigenvalue weighted by molar-refractivity contribution is -0.134. The van der Waals surface area contributed by atoms with Crippen LogP contribution in [-0.2, 0) is 9.59 Å². The molecular formula is C16H15N3O4. The molecule has 7 nitrogen and oxygen atoms in total. The zero-order valence-corrected chi connectivity index (χ0v) is 12.3. The minimum Gasteiger partial charge on any atom is -0.477 e. The standard InChI is InChI=1S/C10H10N2O3.C6H5NO/c1-7(13)12-9(10(14)15)5-8-3-2-4-11-6-8;8-5-6-2-1-3-7-4-6/h2-6H,1H3,(H,12,13)(H,14,15);1-5H/b9-5-;. The Labute approximate surface area is 132 Å². The molecule has 0 aromatic carbocycles. The van der Waals surface area contributed by atoms with Crippen molar-refractivity contribution in [3.8, 4) is 0 Å². The molecule has 23 heavy (non-hydrogen) atoms. The highest BCUT2D eigenvalue weighted by molar-refractivity contribution is 5.96. The maximum atomic E-state index is 10.7. The van der Waals surface area contributed by atoms with Gasteiger partial charge < -0.3 is 10.4 Å². The van der Waals surface area contributed by atoms with Gasteiger partial charge in [0.05, 0.1) is 0 Å². The summed E-state index contributed by atoms with van der Waals surface area (Å²) in [7, 11) is 0. The SMILES string of the molecule is CC(=O)N/C(=C\c1cccnc1)C(=O)O.O=Cc1cccnc1. The van der Waals surface area contributed by atoms with E-state index in [0.717, 1.165) is 6.29 Å². The molecule has 1 amide bonds. The van der Waals surface area contributed by atoms with Crippen LogP contribution < -0.4 is 5.32 Å². The molecule has 0 fully saturated rings. The maximum absolute atomic E-state index is 10.7. The van der Waals surface area contributed by atoms with E-state index in [4.69, 9.17) is 5.11 Å². The molecule has 2 heterocycles. The van der Waals surface area contributed by atoms with Gasteiger partial charge in [-0.05, 0) is 29.8 Å². The van der Waals surface area contributed by atoms with Crippen LogP contribution in [0.5, 0.6) is 0 Å². The molecule has 118 valence electrons. The smallest absolute Gasteiger partial charge is 0.352 e. The van der Waals surface area contributed by atoms with E-state index in [9.17, 15) is 14.4 Å². The molecule has 0 unspecified atom stereocenters. The molecule has 0 saturated heterocycles. The van der Waals surface area contributed by atoms with Crippen LogP contribution in [0.4, 0.5) is 0 Å². The second-order valence-corrected chi connectivity index (χ2v) is 4.23. The average Bonchev–Trinajstić information content (AvgIpc) is 2.56. The largest absolute Gasteiger partial charge is 0.477 e. The number of hydrogen-bond donors (Lipinski definition) is 2. The minimum atomic E-state index is -1.19. The highest BCUT2D eigenvalue weighted by Gasteiger charge is 2.08. The number of amides is 1. The third kappa shape index (κ3) is 7.28. The number of carboxylic acids is 1. The van der Waals surface area contributed by atoms with Crippen LogP contribution in [0.25, 0.3) is 6.08 Å². The molecule has 7 heteroatoms. The summed E-state index contributed by atoms with van der Waals surface area (Å²) >= 11 is 0. The molecule has 0 saturated carbocycles. The lowest BCUT2D eigenvalue weighted by Gasteiger charge is -2.02. The number of pyridine rings is 2. The fraction of sp³-hybridized carbons (Fsp3) is 0.0625. The number of aromatic nitrogens is 2. The van der Waals surface area contributed by atoms with Gasteiger partial charge >= 0.3 is 5.97 Å². The van der Waals surface area contributed by atoms with E-state index in [1.807, 2.05) is 0 Å². The van der Waals surface area contributed by atoms with Crippen LogP contribution in [-0.4, -0.2) is 33.2 Å². The summed E-state index contributed by atoms with van der Waals surface area (Å²) in [5.41, 5.74) is 1.06. The van der Waals surface area contributed by atoms with Crippen molar-refractivity contribution < 1.29 is 19.5 Å². The molecule has 2 aromatic rings. The van der Waals surface area contributed by atoms with Crippen LogP contribution in [0.1, 0.15) is 22.8 Å². The van der Waals surface area contributed by atoms with Gasteiger partial charge in [0.1, 0.15) is 5.70 Å². The Balaban J connectivity index is 0.000000277. The van der Waals surface area contributed by atoms with E-state index in [2.05, 4.69) is 15.3 Å². The monoisotopic (exact) mass is 313 g/mol. The fourth-order valence-corrected chi connectivity index (χ4v) is 1.41. The van der Waals surface area contributed by atoms with Crippen LogP contribution in [0, 0.1) is 0 Å². The van der Waals surface area contributed by atoms with Gasteiger partial charge in [0.2, 0.25) is 5.91 Å². The van der Waals surface area contributed by atoms with Crippen LogP contribution in [0.15, 0.2) is 54.7 Å². The zero-order chi connectivity index (χ0) is 17.1. The number of nitrogens with zero attached hydrogens (tertiary/aromatic N) is 2. The molecule has 0 aliphatic carbocycles. The molecular weight excluding hydrogens is 298 g/mol. The Morgan fingerprint density at radius 2 is 1.65 bits per heavy atom. The Morgan fingerprint density at radius 3 is 2.00 bits per heavy atom. The fourth-order valence-electron chi connectivity index (χ4n) is 1.41. The number of aliphatic carboxylic acids is 1. The first kappa shape index (κ1) is 17.7. The second kappa shape index (κ2) is 9.56. The predicted molar refractivity (Wildman–Crippen MR) is 83.3 cm³/mol. The lowest BCUT2D eigenvalue weighted by atomic mass is 10.2. The zero-order valence-electron chi connectivity index (χ0n) is 12.3. The third-order valence-electron chi connectivity index (χ3n) is 2.36. The van der Waals surface area contributed by atoms with Crippen LogP contribution in [0.3, 0.4) is 0 Å². The molecule has 0 aliphatic heterocycles. The molecule has 2 N–H and O–H groups in total. The third-order valence-corrected chi connectivity index (χ3v) is 2.36. The second-order valence-electron chi connectivity index (χ2n) is 4.23. The van der Waals surface area contributed by atoms with E-state index < -0.39 is 11.9 Å². The minimum absolute atomic E-state index is 0.171. The number of carboxylic acid groups (broad SMARTS) is 1. The summed E-state index contributed by atoms with van der Waals surface area (Å²) in [5, 5.41) is 11.0. The van der Waals surface area contributed by atoms with E-state index >= 15 is 0 Å². The Kier molecular flexibility index (Phi) is 7.36. The van der Waals surface area contributed by atoms with Crippen LogP contribution >= 0.6 is 0 Å². The molecule has 0 aliphatic rings. The van der Waals surface area contributed by atoms with E-state index in [1.165, 1.54) is 25.4 Å². The van der Waals surface area contributed by atoms with E-state index in [1.54, 1.807) is 36.7 Å². The van der Waals surface area contributed by atoms with Crippen molar-refractivity contribution in [3.63, 3.8) is 0 Å². The van der Waals surface area contributed by atoms with Crippen molar-refractivity contribution in [2.24, 2.45) is 0 Å². The highest BCUT2D eigenvalue weighted by Crippen LogP contribution is 2.03. The van der Waals surface area contributed by atoms with Crippen molar-refractivity contribution in [1.29, 1.82) is 0 Å². The summed E-state index contributed by atoms with van der Waals surface area (Å²) in [5.74, 6) is -1.61. The Hall–Kier alpha value is -3.35. The number of carbonyl (C=O) groups excluding carboxylic acids is 2. The topological polar surface area (TPSA) is 109 Å². The first-order chi connectivity index (χ1) is 11.0. The van der Waals surface area contributed by atoms with Crippen LogP contribution in [0.2, 0.25) is 0 Å². The quantitative estimate of drug-likeness (QED) is 0.654. The predicted octanol–water partition coefficient (Wildman–Crippen LogP) is 1.54. The van der Waals surface area contributed by atoms with Gasteiger partial charge in [-0.25, -0.2) is 4.79 Å². The van der Waals surface area contributed by atoms with Gasteiger partial charge in [-0.15, -0.1) is 0 Å². The number of rotatable bonds is 4. The van der Waals surface area contributed by atoms with Crippen molar-refractivity contribution in [2.75, 3.05) is 0 Å². The molecule has 0 bridgehead atoms.